The van der Waals surface area contributed by atoms with Crippen molar-refractivity contribution in [3.8, 4) is 0 Å². The van der Waals surface area contributed by atoms with E-state index in [-0.39, 0.29) is 9.84 Å². The lowest BCUT2D eigenvalue weighted by molar-refractivity contribution is 0.583. The smallest absolute Gasteiger partial charge is 0.165 e. The van der Waals surface area contributed by atoms with Gasteiger partial charge in [0.15, 0.2) is 9.84 Å². The van der Waals surface area contributed by atoms with Crippen molar-refractivity contribution in [3.05, 3.63) is 0 Å². The molecule has 50 valence electrons. The van der Waals surface area contributed by atoms with E-state index in [2.05, 4.69) is 29.8 Å². The van der Waals surface area contributed by atoms with Crippen molar-refractivity contribution in [1.82, 2.24) is 8.80 Å². The first kappa shape index (κ1) is 8.35. The van der Waals surface area contributed by atoms with E-state index in [0.29, 0.717) is 0 Å². The molecule has 0 heterocycles. The second-order valence-electron chi connectivity index (χ2n) is 2.39. The molecule has 0 N–H and O–H groups in total. The van der Waals surface area contributed by atoms with Crippen LogP contribution in [0.3, 0.4) is 0 Å². The summed E-state index contributed by atoms with van der Waals surface area (Å²) in [6, 6.07) is 0. The molecule has 0 fully saturated rings. The first-order chi connectivity index (χ1) is 3.66. The van der Waals surface area contributed by atoms with E-state index in [1.54, 1.807) is 0 Å². The van der Waals surface area contributed by atoms with E-state index in [4.69, 9.17) is 0 Å². The highest BCUT2D eigenvalue weighted by Crippen LogP contribution is 1.76. The molecular weight excluding hydrogens is 132 g/mol. The Morgan fingerprint density at radius 2 is 2.00 bits per heavy atom. The molecule has 0 rings (SSSR count). The van der Waals surface area contributed by atoms with Gasteiger partial charge in [0, 0.05) is 0 Å². The Bertz CT molecular complexity index is 58.0. The van der Waals surface area contributed by atoms with Crippen LogP contribution in [0, 0.1) is 0 Å². The van der Waals surface area contributed by atoms with Crippen LogP contribution in [0.2, 0.25) is 0 Å². The summed E-state index contributed by atoms with van der Waals surface area (Å²) < 4.78 is 4.86. The first-order valence-electron chi connectivity index (χ1n) is 3.00. The molecule has 0 spiro atoms. The average molecular weight is 148 g/mol. The van der Waals surface area contributed by atoms with Crippen LogP contribution in [0.5, 0.6) is 0 Å². The molecule has 0 aromatic carbocycles. The van der Waals surface area contributed by atoms with Gasteiger partial charge in [0.2, 0.25) is 0 Å². The van der Waals surface area contributed by atoms with E-state index < -0.39 is 0 Å². The van der Waals surface area contributed by atoms with Gasteiger partial charge in [-0.1, -0.05) is 6.92 Å². The summed E-state index contributed by atoms with van der Waals surface area (Å²) >= 11 is 0. The lowest BCUT2D eigenvalue weighted by Crippen LogP contribution is -2.35. The summed E-state index contributed by atoms with van der Waals surface area (Å²) in [5.41, 5.74) is 0. The molecule has 0 aliphatic rings. The zero-order chi connectivity index (χ0) is 6.57. The maximum absolute atomic E-state index is 2.53. The van der Waals surface area contributed by atoms with Gasteiger partial charge in [0.25, 0.3) is 0 Å². The van der Waals surface area contributed by atoms with Gasteiger partial charge in [0.1, 0.15) is 0 Å². The van der Waals surface area contributed by atoms with Crippen LogP contribution in [0.15, 0.2) is 0 Å². The van der Waals surface area contributed by atoms with Crippen molar-refractivity contribution in [2.75, 3.05) is 20.6 Å². The second kappa shape index (κ2) is 4.25. The lowest BCUT2D eigenvalue weighted by atomic mass is 10.8. The van der Waals surface area contributed by atoms with Crippen molar-refractivity contribution in [2.45, 2.75) is 6.92 Å². The fourth-order valence-electron chi connectivity index (χ4n) is 0.583. The Balaban J connectivity index is 3.10. The van der Waals surface area contributed by atoms with Crippen LogP contribution in [-0.4, -0.2) is 49.7 Å². The zero-order valence-electron chi connectivity index (χ0n) is 6.31. The molecule has 8 heavy (non-hydrogen) atoms. The van der Waals surface area contributed by atoms with E-state index in [0.717, 1.165) is 0 Å². The molecule has 0 saturated heterocycles. The van der Waals surface area contributed by atoms with Crippen molar-refractivity contribution in [3.63, 3.8) is 0 Å². The topological polar surface area (TPSA) is 6.48 Å². The summed E-state index contributed by atoms with van der Waals surface area (Å²) in [5.74, 6) is 0. The standard InChI is InChI=1S/C4H16N2Si2/c1-4-6(7)8-5(2)3/h4,8H2,1-3,7H3. The van der Waals surface area contributed by atoms with Crippen LogP contribution in [0.25, 0.3) is 0 Å². The Kier molecular flexibility index (Phi) is 4.44. The molecular formula is C4H16N2Si2. The van der Waals surface area contributed by atoms with E-state index in [1.165, 1.54) is 16.9 Å². The van der Waals surface area contributed by atoms with Crippen molar-refractivity contribution in [1.29, 1.82) is 0 Å². The third-order valence-corrected chi connectivity index (χ3v) is 4.04. The number of hydrogen-bond acceptors (Lipinski definition) is 2. The largest absolute Gasteiger partial charge is 0.346 e. The fraction of sp³-hybridized carbons (Fsp3) is 1.00. The van der Waals surface area contributed by atoms with Gasteiger partial charge in [-0.3, -0.25) is 0 Å². The van der Waals surface area contributed by atoms with Gasteiger partial charge in [-0.2, -0.15) is 0 Å². The van der Waals surface area contributed by atoms with E-state index >= 15 is 0 Å². The summed E-state index contributed by atoms with van der Waals surface area (Å²) in [7, 11) is 5.56. The molecule has 2 nitrogen and oxygen atoms in total. The van der Waals surface area contributed by atoms with Gasteiger partial charge >= 0.3 is 0 Å². The summed E-state index contributed by atoms with van der Waals surface area (Å²) in [6.07, 6.45) is 0. The predicted octanol–water partition coefficient (Wildman–Crippen LogP) is -1.85. The van der Waals surface area contributed by atoms with Gasteiger partial charge in [-0.15, -0.1) is 0 Å². The predicted molar refractivity (Wildman–Crippen MR) is 44.6 cm³/mol. The number of nitrogens with zero attached hydrogens (tertiary/aromatic N) is 2. The average Bonchev–Trinajstić information content (AvgIpc) is 1.65. The lowest BCUT2D eigenvalue weighted by Gasteiger charge is -2.18. The number of rotatable bonds is 3. The van der Waals surface area contributed by atoms with Gasteiger partial charge in [-0.05, 0) is 20.6 Å². The molecule has 0 aromatic rings. The minimum absolute atomic E-state index is 0.00116. The Morgan fingerprint density at radius 3 is 2.12 bits per heavy atom. The van der Waals surface area contributed by atoms with Crippen molar-refractivity contribution >= 4 is 20.2 Å². The van der Waals surface area contributed by atoms with E-state index in [1.807, 2.05) is 0 Å². The van der Waals surface area contributed by atoms with Crippen LogP contribution < -0.4 is 0 Å². The molecule has 4 heteroatoms. The van der Waals surface area contributed by atoms with E-state index in [9.17, 15) is 0 Å². The molecule has 0 saturated carbocycles. The summed E-state index contributed by atoms with van der Waals surface area (Å²) in [6.45, 7) is 3.47. The highest BCUT2D eigenvalue weighted by atomic mass is 28.3. The maximum atomic E-state index is 2.53. The van der Waals surface area contributed by atoms with Crippen LogP contribution in [0.1, 0.15) is 6.92 Å². The van der Waals surface area contributed by atoms with Gasteiger partial charge in [0.05, 0.1) is 10.4 Å². The second-order valence-corrected chi connectivity index (χ2v) is 7.55. The molecule has 0 atom stereocenters. The van der Waals surface area contributed by atoms with Crippen molar-refractivity contribution < 1.29 is 0 Å². The molecule has 0 bridgehead atoms. The van der Waals surface area contributed by atoms with Crippen LogP contribution >= 0.6 is 0 Å². The SMILES string of the molecule is CCN([SiH3])[SiH2]N(C)C. The molecule has 0 aromatic heterocycles. The van der Waals surface area contributed by atoms with Gasteiger partial charge in [-0.25, -0.2) is 0 Å². The van der Waals surface area contributed by atoms with Crippen molar-refractivity contribution in [2.24, 2.45) is 0 Å². The Morgan fingerprint density at radius 1 is 1.50 bits per heavy atom. The highest BCUT2D eigenvalue weighted by molar-refractivity contribution is 6.38. The fourth-order valence-corrected chi connectivity index (χ4v) is 3.45. The monoisotopic (exact) mass is 148 g/mol. The molecule has 0 aliphatic heterocycles. The molecule has 0 aliphatic carbocycles. The number of hydrogen-bond donors (Lipinski definition) is 0. The van der Waals surface area contributed by atoms with Crippen LogP contribution in [0.4, 0.5) is 0 Å². The third kappa shape index (κ3) is 4.51. The Hall–Kier alpha value is 0.354. The summed E-state index contributed by atoms with van der Waals surface area (Å²) in [5, 5.41) is 0. The third-order valence-electron chi connectivity index (χ3n) is 1.06. The quantitative estimate of drug-likeness (QED) is 0.434. The zero-order valence-corrected chi connectivity index (χ0v) is 9.72. The normalized spacial score (nSPS) is 13.1. The molecule has 0 radical (unpaired) electrons. The maximum Gasteiger partial charge on any atom is 0.165 e. The molecule has 0 unspecified atom stereocenters. The minimum Gasteiger partial charge on any atom is -0.346 e. The summed E-state index contributed by atoms with van der Waals surface area (Å²) in [4.78, 5) is 0. The first-order valence-corrected chi connectivity index (χ1v) is 5.16. The van der Waals surface area contributed by atoms with Crippen LogP contribution in [-0.2, 0) is 0 Å². The highest BCUT2D eigenvalue weighted by Gasteiger charge is 1.94. The Labute approximate surface area is 57.3 Å². The minimum atomic E-state index is -0.00116. The molecule has 0 amide bonds. The van der Waals surface area contributed by atoms with Gasteiger partial charge < -0.3 is 8.80 Å².